The highest BCUT2D eigenvalue weighted by atomic mass is 16.4. The number of aliphatic hydroxyl groups is 15. The van der Waals surface area contributed by atoms with Gasteiger partial charge in [-0.25, -0.2) is 0 Å². The maximum absolute atomic E-state index is 10.1. The molecule has 22 N–H and O–H groups in total. The summed E-state index contributed by atoms with van der Waals surface area (Å²) < 4.78 is 0. The van der Waals surface area contributed by atoms with E-state index in [1.54, 1.807) is 0 Å². The van der Waals surface area contributed by atoms with Gasteiger partial charge in [-0.05, 0) is 44.9 Å². The van der Waals surface area contributed by atoms with Crippen LogP contribution in [0.15, 0.2) is 0 Å². The zero-order chi connectivity index (χ0) is 89.6. The third-order valence-corrected chi connectivity index (χ3v) is 16.1. The van der Waals surface area contributed by atoms with Gasteiger partial charge in [0.1, 0.15) is 30.5 Å². The number of carboxylic acids is 7. The highest BCUT2D eigenvalue weighted by molar-refractivity contribution is 5.68. The molecule has 0 spiro atoms. The molecule has 694 valence electrons. The van der Waals surface area contributed by atoms with Crippen LogP contribution in [0.3, 0.4) is 0 Å². The van der Waals surface area contributed by atoms with Gasteiger partial charge >= 0.3 is 41.8 Å². The summed E-state index contributed by atoms with van der Waals surface area (Å²) in [7, 11) is 0. The van der Waals surface area contributed by atoms with Crippen LogP contribution in [0.5, 0.6) is 0 Å². The molecule has 0 aliphatic heterocycles. The molecule has 0 radical (unpaired) electrons. The predicted molar refractivity (Wildman–Crippen MR) is 453 cm³/mol. The van der Waals surface area contributed by atoms with Crippen LogP contribution in [-0.4, -0.2) is 251 Å². The SMILES string of the molecule is CCCCCCCCCC(=O)O.CCCCCCCCCC(=O)O.CCCCCCCCCC(=O)O.CCCCCCCCCC(=O)O.CCCCCCCCCC(=O)O.CCCCCCCCCC(=O)O.CCCCCCCCCC(=O)O.OCC(O)CO.OCC(O)CO.OCC(O)CO.OCC(O)CO.OCC(O)CO. The smallest absolute Gasteiger partial charge is 0.303 e. The molecule has 0 saturated heterocycles. The fourth-order valence-electron chi connectivity index (χ4n) is 8.92. The fourth-order valence-corrected chi connectivity index (χ4v) is 8.92. The summed E-state index contributed by atoms with van der Waals surface area (Å²) in [5.74, 6) is -4.64. The Labute approximate surface area is 689 Å². The summed E-state index contributed by atoms with van der Waals surface area (Å²) >= 11 is 0. The van der Waals surface area contributed by atoms with Crippen molar-refractivity contribution in [1.29, 1.82) is 0 Å². The Morgan fingerprint density at radius 1 is 0.149 bits per heavy atom. The van der Waals surface area contributed by atoms with Crippen LogP contribution in [0, 0.1) is 0 Å². The normalized spacial score (nSPS) is 10.1. The van der Waals surface area contributed by atoms with Crippen molar-refractivity contribution in [2.45, 2.75) is 439 Å². The van der Waals surface area contributed by atoms with Crippen LogP contribution in [0.4, 0.5) is 0 Å². The lowest BCUT2D eigenvalue weighted by Crippen LogP contribution is -2.15. The summed E-state index contributed by atoms with van der Waals surface area (Å²) in [5, 5.41) is 179. The zero-order valence-electron chi connectivity index (χ0n) is 72.8. The number of carboxylic acid groups (broad SMARTS) is 7. The van der Waals surface area contributed by atoms with Crippen molar-refractivity contribution >= 4 is 41.8 Å². The van der Waals surface area contributed by atoms with Crippen molar-refractivity contribution in [3.63, 3.8) is 0 Å². The first-order chi connectivity index (χ1) is 54.4. The lowest BCUT2D eigenvalue weighted by Gasteiger charge is -1.98. The van der Waals surface area contributed by atoms with E-state index in [-0.39, 0.29) is 66.1 Å². The summed E-state index contributed by atoms with van der Waals surface area (Å²) in [6.45, 7) is 11.7. The first-order valence-corrected chi connectivity index (χ1v) is 43.5. The molecule has 0 rings (SSSR count). The Bertz CT molecular complexity index is 1420. The molecule has 29 heteroatoms. The van der Waals surface area contributed by atoms with Gasteiger partial charge in [0, 0.05) is 44.9 Å². The third kappa shape index (κ3) is 198. The molecular formula is C85H180O29. The van der Waals surface area contributed by atoms with Gasteiger partial charge in [0.25, 0.3) is 0 Å². The molecule has 0 aromatic heterocycles. The van der Waals surface area contributed by atoms with E-state index >= 15 is 0 Å². The monoisotopic (exact) mass is 1670 g/mol. The summed E-state index contributed by atoms with van der Waals surface area (Å²) in [5.41, 5.74) is 0. The van der Waals surface area contributed by atoms with E-state index in [0.29, 0.717) is 44.9 Å². The summed E-state index contributed by atoms with van der Waals surface area (Å²) in [4.78, 5) is 70.9. The Morgan fingerprint density at radius 2 is 0.219 bits per heavy atom. The largest absolute Gasteiger partial charge is 0.481 e. The molecule has 29 nitrogen and oxygen atoms in total. The number of hydrogen-bond acceptors (Lipinski definition) is 22. The van der Waals surface area contributed by atoms with Crippen LogP contribution < -0.4 is 0 Å². The van der Waals surface area contributed by atoms with Gasteiger partial charge in [-0.1, -0.05) is 318 Å². The van der Waals surface area contributed by atoms with Gasteiger partial charge in [-0.3, -0.25) is 33.6 Å². The van der Waals surface area contributed by atoms with Crippen molar-refractivity contribution in [2.75, 3.05) is 66.1 Å². The van der Waals surface area contributed by atoms with E-state index in [2.05, 4.69) is 48.5 Å². The molecule has 0 aromatic rings. The molecule has 0 aromatic carbocycles. The number of unbranched alkanes of at least 4 members (excludes halogenated alkanes) is 42. The summed E-state index contributed by atoms with van der Waals surface area (Å²) in [6.07, 6.45) is 55.7. The number of rotatable bonds is 66. The van der Waals surface area contributed by atoms with E-state index in [9.17, 15) is 33.6 Å². The van der Waals surface area contributed by atoms with E-state index in [4.69, 9.17) is 112 Å². The number of aliphatic hydroxyl groups excluding tert-OH is 15. The highest BCUT2D eigenvalue weighted by Crippen LogP contribution is 2.14. The second kappa shape index (κ2) is 132. The van der Waals surface area contributed by atoms with Crippen LogP contribution in [0.25, 0.3) is 0 Å². The second-order valence-corrected chi connectivity index (χ2v) is 28.0. The second-order valence-electron chi connectivity index (χ2n) is 28.0. The minimum atomic E-state index is -0.954. The lowest BCUT2D eigenvalue weighted by molar-refractivity contribution is -0.138. The predicted octanol–water partition coefficient (Wildman–Crippen LogP) is 14.1. The van der Waals surface area contributed by atoms with Crippen LogP contribution in [-0.2, 0) is 33.6 Å². The lowest BCUT2D eigenvalue weighted by atomic mass is 10.1. The maximum Gasteiger partial charge on any atom is 0.303 e. The van der Waals surface area contributed by atoms with Crippen LogP contribution >= 0.6 is 0 Å². The molecule has 0 atom stereocenters. The van der Waals surface area contributed by atoms with Gasteiger partial charge in [0.15, 0.2) is 0 Å². The maximum atomic E-state index is 10.1. The van der Waals surface area contributed by atoms with E-state index < -0.39 is 72.3 Å². The Kier molecular flexibility index (Phi) is 157. The minimum absolute atomic E-state index is 0.341. The van der Waals surface area contributed by atoms with Gasteiger partial charge in [0.2, 0.25) is 0 Å². The molecule has 0 amide bonds. The first kappa shape index (κ1) is 136. The third-order valence-electron chi connectivity index (χ3n) is 16.1. The van der Waals surface area contributed by atoms with Crippen molar-refractivity contribution in [3.8, 4) is 0 Å². The Hall–Kier alpha value is -4.31. The quantitative estimate of drug-likeness (QED) is 0.0251. The molecular weight excluding hydrogens is 1480 g/mol. The van der Waals surface area contributed by atoms with Crippen molar-refractivity contribution in [2.24, 2.45) is 0 Å². The van der Waals surface area contributed by atoms with Gasteiger partial charge in [-0.2, -0.15) is 0 Å². The Morgan fingerprint density at radius 3 is 0.272 bits per heavy atom. The van der Waals surface area contributed by atoms with Gasteiger partial charge < -0.3 is 112 Å². The zero-order valence-corrected chi connectivity index (χ0v) is 72.8. The van der Waals surface area contributed by atoms with Crippen LogP contribution in [0.2, 0.25) is 0 Å². The first-order valence-electron chi connectivity index (χ1n) is 43.5. The van der Waals surface area contributed by atoms with Crippen LogP contribution in [0.1, 0.15) is 408 Å². The minimum Gasteiger partial charge on any atom is -0.481 e. The molecule has 0 bridgehead atoms. The molecule has 0 heterocycles. The van der Waals surface area contributed by atoms with E-state index in [1.165, 1.54) is 225 Å². The average Bonchev–Trinajstić information content (AvgIpc) is 1.25. The molecule has 0 aliphatic rings. The molecule has 0 unspecified atom stereocenters. The van der Waals surface area contributed by atoms with Crippen molar-refractivity contribution in [3.05, 3.63) is 0 Å². The topological polar surface area (TPSA) is 565 Å². The fraction of sp³-hybridized carbons (Fsp3) is 0.918. The summed E-state index contributed by atoms with van der Waals surface area (Å²) in [6, 6.07) is 0. The molecule has 0 saturated carbocycles. The van der Waals surface area contributed by atoms with Gasteiger partial charge in [-0.15, -0.1) is 0 Å². The van der Waals surface area contributed by atoms with E-state index in [1.807, 2.05) is 0 Å². The highest BCUT2D eigenvalue weighted by Gasteiger charge is 2.03. The van der Waals surface area contributed by atoms with E-state index in [0.717, 1.165) is 89.9 Å². The standard InChI is InChI=1S/7C10H20O2.5C3H8O3/c7*1-2-3-4-5-6-7-8-9-10(11)12;5*4-1-3(6)2-5/h7*2-9H2,1H3,(H,11,12);5*3-6H,1-2H2. The van der Waals surface area contributed by atoms with Crippen molar-refractivity contribution < 1.29 is 146 Å². The molecule has 0 aliphatic carbocycles. The average molecular weight is 1670 g/mol. The number of carbonyl (C=O) groups is 7. The number of hydrogen-bond donors (Lipinski definition) is 22. The molecule has 114 heavy (non-hydrogen) atoms. The molecule has 0 fully saturated rings. The van der Waals surface area contributed by atoms with Crippen molar-refractivity contribution in [1.82, 2.24) is 0 Å². The number of aliphatic carboxylic acids is 7. The van der Waals surface area contributed by atoms with Gasteiger partial charge in [0.05, 0.1) is 66.1 Å². The Balaban J connectivity index is -0.000000101.